The smallest absolute Gasteiger partial charge is 0.201 e. The minimum atomic E-state index is 0.943. The average Bonchev–Trinajstić information content (AvgIpc) is 2.52. The van der Waals surface area contributed by atoms with E-state index in [1.807, 2.05) is 12.1 Å². The predicted octanol–water partition coefficient (Wildman–Crippen LogP) is 4.81. The van der Waals surface area contributed by atoms with E-state index in [0.29, 0.717) is 0 Å². The van der Waals surface area contributed by atoms with Crippen LogP contribution in [0.2, 0.25) is 0 Å². The monoisotopic (exact) mass is 255 g/mol. The number of fused-ring (bicyclic) bond motifs is 2. The molecule has 1 aliphatic heterocycles. The quantitative estimate of drug-likeness (QED) is 0.560. The van der Waals surface area contributed by atoms with E-state index in [1.54, 1.807) is 0 Å². The maximum atomic E-state index is 6.09. The van der Waals surface area contributed by atoms with Crippen molar-refractivity contribution in [2.24, 2.45) is 0 Å². The van der Waals surface area contributed by atoms with Crippen molar-refractivity contribution in [3.8, 4) is 16.9 Å². The SMILES string of the molecule is C1=Cc2cccc3ccc4c(c23)[C]1Oc1ccccc1-4. The van der Waals surface area contributed by atoms with Gasteiger partial charge < -0.3 is 4.74 Å². The maximum absolute atomic E-state index is 6.09. The molecule has 0 saturated carbocycles. The summed E-state index contributed by atoms with van der Waals surface area (Å²) >= 11 is 0. The number of ether oxygens (including phenoxy) is 1. The summed E-state index contributed by atoms with van der Waals surface area (Å²) in [4.78, 5) is 0. The van der Waals surface area contributed by atoms with Gasteiger partial charge in [-0.2, -0.15) is 0 Å². The van der Waals surface area contributed by atoms with Crippen molar-refractivity contribution in [3.63, 3.8) is 0 Å². The van der Waals surface area contributed by atoms with Crippen molar-refractivity contribution in [1.82, 2.24) is 0 Å². The van der Waals surface area contributed by atoms with E-state index in [1.165, 1.54) is 33.0 Å². The summed E-state index contributed by atoms with van der Waals surface area (Å²) in [6.07, 6.45) is 5.18. The topological polar surface area (TPSA) is 9.23 Å². The zero-order valence-electron chi connectivity index (χ0n) is 10.8. The van der Waals surface area contributed by atoms with E-state index >= 15 is 0 Å². The fraction of sp³-hybridized carbons (Fsp3) is 0. The van der Waals surface area contributed by atoms with E-state index in [2.05, 4.69) is 54.6 Å². The average molecular weight is 255 g/mol. The largest absolute Gasteiger partial charge is 0.473 e. The Morgan fingerprint density at radius 3 is 2.65 bits per heavy atom. The second-order valence-corrected chi connectivity index (χ2v) is 5.23. The van der Waals surface area contributed by atoms with Gasteiger partial charge in [0.25, 0.3) is 0 Å². The van der Waals surface area contributed by atoms with Gasteiger partial charge in [0.2, 0.25) is 6.10 Å². The van der Waals surface area contributed by atoms with Crippen LogP contribution in [0.25, 0.3) is 28.0 Å². The zero-order valence-corrected chi connectivity index (χ0v) is 10.8. The summed E-state index contributed by atoms with van der Waals surface area (Å²) in [5.41, 5.74) is 4.95. The van der Waals surface area contributed by atoms with E-state index in [-0.39, 0.29) is 0 Å². The van der Waals surface area contributed by atoms with Gasteiger partial charge in [-0.25, -0.2) is 0 Å². The standard InChI is InChI=1S/C19H11O/c1-2-7-16-14(6-1)15-10-8-12-4-3-5-13-9-11-17(20-16)19(15)18(12)13/h1-11H. The number of rotatable bonds is 0. The molecule has 3 aromatic rings. The van der Waals surface area contributed by atoms with Crippen LogP contribution >= 0.6 is 0 Å². The number of hydrogen-bond donors (Lipinski definition) is 0. The Bertz CT molecular complexity index is 889. The third-order valence-electron chi connectivity index (χ3n) is 4.14. The molecule has 0 atom stereocenters. The second kappa shape index (κ2) is 3.51. The van der Waals surface area contributed by atoms with Crippen molar-refractivity contribution in [1.29, 1.82) is 0 Å². The molecule has 0 saturated heterocycles. The van der Waals surface area contributed by atoms with Crippen molar-refractivity contribution in [2.75, 3.05) is 0 Å². The fourth-order valence-corrected chi connectivity index (χ4v) is 3.26. The molecule has 1 aliphatic carbocycles. The van der Waals surface area contributed by atoms with Crippen LogP contribution in [0.1, 0.15) is 11.1 Å². The highest BCUT2D eigenvalue weighted by molar-refractivity contribution is 6.02. The van der Waals surface area contributed by atoms with Gasteiger partial charge in [0, 0.05) is 11.1 Å². The first-order chi connectivity index (χ1) is 9.92. The van der Waals surface area contributed by atoms with Crippen LogP contribution in [0.15, 0.2) is 60.7 Å². The van der Waals surface area contributed by atoms with Gasteiger partial charge in [0.05, 0.1) is 0 Å². The zero-order chi connectivity index (χ0) is 13.1. The molecule has 0 fully saturated rings. The molecule has 1 nitrogen and oxygen atoms in total. The molecular weight excluding hydrogens is 244 g/mol. The lowest BCUT2D eigenvalue weighted by Crippen LogP contribution is -2.15. The number of benzene rings is 3. The summed E-state index contributed by atoms with van der Waals surface area (Å²) in [5.74, 6) is 0.943. The van der Waals surface area contributed by atoms with E-state index in [9.17, 15) is 0 Å². The predicted molar refractivity (Wildman–Crippen MR) is 81.4 cm³/mol. The lowest BCUT2D eigenvalue weighted by molar-refractivity contribution is 0.379. The molecule has 0 spiro atoms. The molecule has 5 rings (SSSR count). The molecule has 0 amide bonds. The second-order valence-electron chi connectivity index (χ2n) is 5.23. The van der Waals surface area contributed by atoms with Crippen molar-refractivity contribution in [2.45, 2.75) is 0 Å². The van der Waals surface area contributed by atoms with Gasteiger partial charge >= 0.3 is 0 Å². The summed E-state index contributed by atoms with van der Waals surface area (Å²) in [7, 11) is 0. The van der Waals surface area contributed by atoms with Gasteiger partial charge in [-0.15, -0.1) is 0 Å². The first-order valence-electron chi connectivity index (χ1n) is 6.80. The first kappa shape index (κ1) is 10.3. The highest BCUT2D eigenvalue weighted by Crippen LogP contribution is 2.47. The molecule has 93 valence electrons. The van der Waals surface area contributed by atoms with Crippen LogP contribution in [-0.4, -0.2) is 0 Å². The molecule has 1 heterocycles. The van der Waals surface area contributed by atoms with Gasteiger partial charge in [-0.05, 0) is 34.0 Å². The lowest BCUT2D eigenvalue weighted by Gasteiger charge is -2.29. The minimum Gasteiger partial charge on any atom is -0.473 e. The van der Waals surface area contributed by atoms with Gasteiger partial charge in [0.1, 0.15) is 5.75 Å². The molecule has 3 aromatic carbocycles. The van der Waals surface area contributed by atoms with E-state index in [4.69, 9.17) is 4.74 Å². The Balaban J connectivity index is 1.98. The Hall–Kier alpha value is -2.54. The van der Waals surface area contributed by atoms with Crippen molar-refractivity contribution >= 4 is 16.8 Å². The molecule has 20 heavy (non-hydrogen) atoms. The lowest BCUT2D eigenvalue weighted by atomic mass is 9.84. The normalized spacial score (nSPS) is 15.0. The summed E-state index contributed by atoms with van der Waals surface area (Å²) in [6, 6.07) is 19.1. The van der Waals surface area contributed by atoms with Crippen LogP contribution in [0.4, 0.5) is 0 Å². The van der Waals surface area contributed by atoms with Crippen LogP contribution in [0.5, 0.6) is 5.75 Å². The third kappa shape index (κ3) is 1.17. The molecule has 0 unspecified atom stereocenters. The highest BCUT2D eigenvalue weighted by Gasteiger charge is 2.29. The Labute approximate surface area is 117 Å². The molecule has 0 aromatic heterocycles. The van der Waals surface area contributed by atoms with Gasteiger partial charge in [-0.1, -0.05) is 54.6 Å². The Kier molecular flexibility index (Phi) is 1.80. The summed E-state index contributed by atoms with van der Waals surface area (Å²) in [5, 5.41) is 2.57. The maximum Gasteiger partial charge on any atom is 0.201 e. The summed E-state index contributed by atoms with van der Waals surface area (Å²) in [6.45, 7) is 0. The van der Waals surface area contributed by atoms with Crippen LogP contribution in [-0.2, 0) is 0 Å². The van der Waals surface area contributed by atoms with E-state index in [0.717, 1.165) is 11.9 Å². The van der Waals surface area contributed by atoms with Gasteiger partial charge in [0.15, 0.2) is 0 Å². The Morgan fingerprint density at radius 1 is 0.700 bits per heavy atom. The van der Waals surface area contributed by atoms with Crippen LogP contribution in [0, 0.1) is 6.10 Å². The van der Waals surface area contributed by atoms with Crippen molar-refractivity contribution < 1.29 is 4.74 Å². The number of hydrogen-bond acceptors (Lipinski definition) is 1. The third-order valence-corrected chi connectivity index (χ3v) is 4.14. The molecule has 1 heteroatoms. The first-order valence-corrected chi connectivity index (χ1v) is 6.80. The molecule has 0 bridgehead atoms. The van der Waals surface area contributed by atoms with Crippen LogP contribution < -0.4 is 4.74 Å². The van der Waals surface area contributed by atoms with E-state index < -0.39 is 0 Å². The molecule has 2 aliphatic rings. The minimum absolute atomic E-state index is 0.943. The molecular formula is C19H11O. The molecule has 1 radical (unpaired) electrons. The fourth-order valence-electron chi connectivity index (χ4n) is 3.26. The molecule has 0 N–H and O–H groups in total. The number of para-hydroxylation sites is 1. The van der Waals surface area contributed by atoms with Gasteiger partial charge in [-0.3, -0.25) is 0 Å². The van der Waals surface area contributed by atoms with Crippen molar-refractivity contribution in [3.05, 3.63) is 77.9 Å². The summed E-state index contributed by atoms with van der Waals surface area (Å²) < 4.78 is 6.09. The highest BCUT2D eigenvalue weighted by atomic mass is 16.5. The van der Waals surface area contributed by atoms with Crippen LogP contribution in [0.3, 0.4) is 0 Å². The Morgan fingerprint density at radius 2 is 1.65 bits per heavy atom.